The summed E-state index contributed by atoms with van der Waals surface area (Å²) in [5.74, 6) is -1.44. The molecule has 0 saturated heterocycles. The van der Waals surface area contributed by atoms with E-state index in [1.807, 2.05) is 0 Å². The maximum absolute atomic E-state index is 13.0. The maximum Gasteiger partial charge on any atom is 0.285 e. The lowest BCUT2D eigenvalue weighted by atomic mass is 9.92. The number of nitro groups is 1. The van der Waals surface area contributed by atoms with Crippen molar-refractivity contribution in [2.24, 2.45) is 0 Å². The number of carbonyl (C=O) groups is 1. The van der Waals surface area contributed by atoms with Gasteiger partial charge in [-0.2, -0.15) is 0 Å². The molecular formula is C13H15FN2O4. The Morgan fingerprint density at radius 3 is 2.75 bits per heavy atom. The zero-order chi connectivity index (χ0) is 14.7. The van der Waals surface area contributed by atoms with Crippen LogP contribution in [0.5, 0.6) is 0 Å². The minimum absolute atomic E-state index is 0.200. The predicted molar refractivity (Wildman–Crippen MR) is 68.8 cm³/mol. The first-order valence-electron chi connectivity index (χ1n) is 6.42. The molecule has 0 aliphatic heterocycles. The summed E-state index contributed by atoms with van der Waals surface area (Å²) < 4.78 is 13.0. The van der Waals surface area contributed by atoms with Crippen LogP contribution >= 0.6 is 0 Å². The Kier molecular flexibility index (Phi) is 4.29. The van der Waals surface area contributed by atoms with Crippen molar-refractivity contribution in [3.8, 4) is 0 Å². The normalized spacial score (nSPS) is 22.3. The predicted octanol–water partition coefficient (Wildman–Crippen LogP) is 1.77. The molecule has 0 unspecified atom stereocenters. The molecule has 1 aliphatic rings. The Morgan fingerprint density at radius 2 is 2.10 bits per heavy atom. The van der Waals surface area contributed by atoms with Crippen LogP contribution in [-0.2, 0) is 0 Å². The van der Waals surface area contributed by atoms with Gasteiger partial charge in [0.05, 0.1) is 23.1 Å². The summed E-state index contributed by atoms with van der Waals surface area (Å²) in [6, 6.07) is 2.38. The van der Waals surface area contributed by atoms with E-state index in [9.17, 15) is 24.4 Å². The molecule has 1 aromatic carbocycles. The maximum atomic E-state index is 13.0. The lowest BCUT2D eigenvalue weighted by Gasteiger charge is -2.28. The minimum atomic E-state index is -0.796. The molecule has 2 atom stereocenters. The molecule has 7 heteroatoms. The van der Waals surface area contributed by atoms with Crippen molar-refractivity contribution in [3.05, 3.63) is 39.7 Å². The number of aliphatic hydroxyl groups is 1. The first-order valence-corrected chi connectivity index (χ1v) is 6.42. The summed E-state index contributed by atoms with van der Waals surface area (Å²) in [5.41, 5.74) is -0.776. The van der Waals surface area contributed by atoms with Crippen LogP contribution < -0.4 is 5.32 Å². The van der Waals surface area contributed by atoms with E-state index >= 15 is 0 Å². The second kappa shape index (κ2) is 5.96. The highest BCUT2D eigenvalue weighted by Gasteiger charge is 2.27. The lowest BCUT2D eigenvalue weighted by molar-refractivity contribution is -0.385. The van der Waals surface area contributed by atoms with Crippen LogP contribution in [0.2, 0.25) is 0 Å². The fourth-order valence-corrected chi connectivity index (χ4v) is 2.37. The first kappa shape index (κ1) is 14.4. The van der Waals surface area contributed by atoms with E-state index in [-0.39, 0.29) is 5.56 Å². The first-order chi connectivity index (χ1) is 9.49. The third-order valence-corrected chi connectivity index (χ3v) is 3.45. The van der Waals surface area contributed by atoms with Crippen molar-refractivity contribution in [1.82, 2.24) is 5.32 Å². The second-order valence-electron chi connectivity index (χ2n) is 4.85. The molecule has 108 valence electrons. The van der Waals surface area contributed by atoms with Crippen molar-refractivity contribution < 1.29 is 19.2 Å². The molecule has 0 bridgehead atoms. The standard InChI is InChI=1S/C13H15FN2O4/c14-8-5-6-9(11(7-8)16(19)20)13(18)15-10-3-1-2-4-12(10)17/h5-7,10,12,17H,1-4H2,(H,15,18)/t10-,12-/m0/s1. The summed E-state index contributed by atoms with van der Waals surface area (Å²) in [4.78, 5) is 22.1. The number of hydrogen-bond donors (Lipinski definition) is 2. The molecule has 20 heavy (non-hydrogen) atoms. The van der Waals surface area contributed by atoms with E-state index < -0.39 is 34.5 Å². The molecule has 0 radical (unpaired) electrons. The van der Waals surface area contributed by atoms with Crippen LogP contribution in [0.1, 0.15) is 36.0 Å². The van der Waals surface area contributed by atoms with Gasteiger partial charge in [0.1, 0.15) is 11.4 Å². The van der Waals surface area contributed by atoms with Gasteiger partial charge in [-0.1, -0.05) is 12.8 Å². The van der Waals surface area contributed by atoms with Gasteiger partial charge in [-0.05, 0) is 25.0 Å². The highest BCUT2D eigenvalue weighted by Crippen LogP contribution is 2.22. The Hall–Kier alpha value is -2.02. The Morgan fingerprint density at radius 1 is 1.40 bits per heavy atom. The van der Waals surface area contributed by atoms with Gasteiger partial charge in [0.25, 0.3) is 11.6 Å². The fraction of sp³-hybridized carbons (Fsp3) is 0.462. The number of halogens is 1. The van der Waals surface area contributed by atoms with Gasteiger partial charge in [0.15, 0.2) is 0 Å². The summed E-state index contributed by atoms with van der Waals surface area (Å²) >= 11 is 0. The van der Waals surface area contributed by atoms with Crippen LogP contribution in [0.15, 0.2) is 18.2 Å². The van der Waals surface area contributed by atoms with Crippen molar-refractivity contribution in [3.63, 3.8) is 0 Å². The molecule has 0 spiro atoms. The molecule has 1 aliphatic carbocycles. The van der Waals surface area contributed by atoms with Crippen LogP contribution in [-0.4, -0.2) is 28.1 Å². The van der Waals surface area contributed by atoms with Gasteiger partial charge in [-0.25, -0.2) is 4.39 Å². The number of amides is 1. The van der Waals surface area contributed by atoms with Crippen LogP contribution in [0, 0.1) is 15.9 Å². The number of hydrogen-bond acceptors (Lipinski definition) is 4. The summed E-state index contributed by atoms with van der Waals surface area (Å²) in [5, 5.41) is 23.2. The van der Waals surface area contributed by atoms with E-state index in [4.69, 9.17) is 0 Å². The molecule has 0 heterocycles. The fourth-order valence-electron chi connectivity index (χ4n) is 2.37. The van der Waals surface area contributed by atoms with Gasteiger partial charge in [0.2, 0.25) is 0 Å². The molecule has 1 fully saturated rings. The molecule has 1 amide bonds. The summed E-state index contributed by atoms with van der Waals surface area (Å²) in [6.45, 7) is 0. The number of benzene rings is 1. The van der Waals surface area contributed by atoms with Crippen LogP contribution in [0.4, 0.5) is 10.1 Å². The Labute approximate surface area is 114 Å². The zero-order valence-electron chi connectivity index (χ0n) is 10.7. The van der Waals surface area contributed by atoms with Crippen molar-refractivity contribution in [2.75, 3.05) is 0 Å². The van der Waals surface area contributed by atoms with Gasteiger partial charge >= 0.3 is 0 Å². The average Bonchev–Trinajstić information content (AvgIpc) is 2.41. The topological polar surface area (TPSA) is 92.5 Å². The molecule has 2 N–H and O–H groups in total. The third kappa shape index (κ3) is 3.11. The molecular weight excluding hydrogens is 267 g/mol. The minimum Gasteiger partial charge on any atom is -0.391 e. The third-order valence-electron chi connectivity index (χ3n) is 3.45. The molecule has 1 saturated carbocycles. The summed E-state index contributed by atoms with van der Waals surface area (Å²) in [7, 11) is 0. The molecule has 6 nitrogen and oxygen atoms in total. The Balaban J connectivity index is 2.18. The average molecular weight is 282 g/mol. The number of nitrogens with one attached hydrogen (secondary N) is 1. The second-order valence-corrected chi connectivity index (χ2v) is 4.85. The summed E-state index contributed by atoms with van der Waals surface area (Å²) in [6.07, 6.45) is 2.35. The van der Waals surface area contributed by atoms with Gasteiger partial charge in [-0.3, -0.25) is 14.9 Å². The van der Waals surface area contributed by atoms with E-state index in [1.165, 1.54) is 0 Å². The molecule has 1 aromatic rings. The molecule has 0 aromatic heterocycles. The largest absolute Gasteiger partial charge is 0.391 e. The quantitative estimate of drug-likeness (QED) is 0.652. The number of carbonyl (C=O) groups excluding carboxylic acids is 1. The van der Waals surface area contributed by atoms with Crippen molar-refractivity contribution >= 4 is 11.6 Å². The van der Waals surface area contributed by atoms with Gasteiger partial charge in [0, 0.05) is 0 Å². The van der Waals surface area contributed by atoms with Crippen LogP contribution in [0.3, 0.4) is 0 Å². The number of rotatable bonds is 3. The van der Waals surface area contributed by atoms with Crippen LogP contribution in [0.25, 0.3) is 0 Å². The zero-order valence-corrected chi connectivity index (χ0v) is 10.7. The number of nitro benzene ring substituents is 1. The van der Waals surface area contributed by atoms with E-state index in [2.05, 4.69) is 5.32 Å². The molecule has 2 rings (SSSR count). The van der Waals surface area contributed by atoms with Crippen molar-refractivity contribution in [2.45, 2.75) is 37.8 Å². The highest BCUT2D eigenvalue weighted by atomic mass is 19.1. The van der Waals surface area contributed by atoms with Gasteiger partial charge < -0.3 is 10.4 Å². The van der Waals surface area contributed by atoms with Crippen molar-refractivity contribution in [1.29, 1.82) is 0 Å². The highest BCUT2D eigenvalue weighted by molar-refractivity contribution is 5.98. The lowest BCUT2D eigenvalue weighted by Crippen LogP contribution is -2.45. The smallest absolute Gasteiger partial charge is 0.285 e. The SMILES string of the molecule is O=C(N[C@H]1CCCC[C@@H]1O)c1ccc(F)cc1[N+](=O)[O-]. The van der Waals surface area contributed by atoms with Gasteiger partial charge in [-0.15, -0.1) is 0 Å². The Bertz CT molecular complexity index is 535. The van der Waals surface area contributed by atoms with E-state index in [0.717, 1.165) is 25.0 Å². The number of nitrogens with zero attached hydrogens (tertiary/aromatic N) is 1. The van der Waals surface area contributed by atoms with E-state index in [1.54, 1.807) is 0 Å². The number of aliphatic hydroxyl groups excluding tert-OH is 1. The monoisotopic (exact) mass is 282 g/mol. The van der Waals surface area contributed by atoms with E-state index in [0.29, 0.717) is 18.9 Å².